The summed E-state index contributed by atoms with van der Waals surface area (Å²) < 4.78 is 5.26. The van der Waals surface area contributed by atoms with E-state index >= 15 is 0 Å². The highest BCUT2D eigenvalue weighted by Gasteiger charge is 2.23. The molecule has 2 amide bonds. The predicted octanol–water partition coefficient (Wildman–Crippen LogP) is 2.25. The van der Waals surface area contributed by atoms with Crippen molar-refractivity contribution in [3.05, 3.63) is 53.3 Å². The summed E-state index contributed by atoms with van der Waals surface area (Å²) in [4.78, 5) is 32.0. The fourth-order valence-corrected chi connectivity index (χ4v) is 3.32. The number of benzene rings is 1. The van der Waals surface area contributed by atoms with E-state index in [9.17, 15) is 9.59 Å². The molecular formula is C20H25N3O3. The van der Waals surface area contributed by atoms with E-state index in [0.29, 0.717) is 38.2 Å². The molecule has 3 rings (SSSR count). The van der Waals surface area contributed by atoms with E-state index < -0.39 is 0 Å². The number of H-pyrrole nitrogens is 1. The zero-order chi connectivity index (χ0) is 18.5. The van der Waals surface area contributed by atoms with Gasteiger partial charge in [-0.2, -0.15) is 0 Å². The molecule has 1 aliphatic heterocycles. The van der Waals surface area contributed by atoms with Crippen LogP contribution in [0, 0.1) is 6.92 Å². The van der Waals surface area contributed by atoms with Crippen molar-refractivity contribution in [2.24, 2.45) is 0 Å². The van der Waals surface area contributed by atoms with Crippen LogP contribution >= 0.6 is 0 Å². The zero-order valence-corrected chi connectivity index (χ0v) is 15.3. The number of hydrogen-bond acceptors (Lipinski definition) is 3. The Hall–Kier alpha value is -2.76. The first-order valence-electron chi connectivity index (χ1n) is 8.92. The van der Waals surface area contributed by atoms with Crippen LogP contribution in [0.2, 0.25) is 0 Å². The summed E-state index contributed by atoms with van der Waals surface area (Å²) >= 11 is 0. The molecular weight excluding hydrogens is 330 g/mol. The Morgan fingerprint density at radius 1 is 1.12 bits per heavy atom. The number of rotatable bonds is 4. The van der Waals surface area contributed by atoms with E-state index in [-0.39, 0.29) is 11.8 Å². The minimum Gasteiger partial charge on any atom is -0.496 e. The number of aryl methyl sites for hydroxylation is 1. The maximum Gasteiger partial charge on any atom is 0.253 e. The minimum absolute atomic E-state index is 0.00990. The van der Waals surface area contributed by atoms with Crippen molar-refractivity contribution in [1.82, 2.24) is 14.8 Å². The standard InChI is InChI=1S/C20H25N3O3/c1-15-12-17(4-5-18(15)26-2)20(25)23-9-3-8-22(10-11-23)19(24)13-16-6-7-21-14-16/h4-7,12,14,21H,3,8-11,13H2,1-2H3. The van der Waals surface area contributed by atoms with E-state index in [1.165, 1.54) is 0 Å². The molecule has 0 aliphatic carbocycles. The molecule has 0 spiro atoms. The lowest BCUT2D eigenvalue weighted by Gasteiger charge is -2.22. The van der Waals surface area contributed by atoms with Crippen molar-refractivity contribution < 1.29 is 14.3 Å². The predicted molar refractivity (Wildman–Crippen MR) is 99.3 cm³/mol. The van der Waals surface area contributed by atoms with Crippen LogP contribution in [-0.2, 0) is 11.2 Å². The fraction of sp³-hybridized carbons (Fsp3) is 0.400. The number of nitrogens with zero attached hydrogens (tertiary/aromatic N) is 2. The number of aromatic amines is 1. The third kappa shape index (κ3) is 4.07. The van der Waals surface area contributed by atoms with Gasteiger partial charge in [0.1, 0.15) is 5.75 Å². The molecule has 6 nitrogen and oxygen atoms in total. The molecule has 138 valence electrons. The molecule has 1 N–H and O–H groups in total. The lowest BCUT2D eigenvalue weighted by Crippen LogP contribution is -2.38. The van der Waals surface area contributed by atoms with Gasteiger partial charge >= 0.3 is 0 Å². The molecule has 0 unspecified atom stereocenters. The summed E-state index contributed by atoms with van der Waals surface area (Å²) in [6.07, 6.45) is 4.86. The van der Waals surface area contributed by atoms with Gasteiger partial charge in [-0.15, -0.1) is 0 Å². The first kappa shape index (κ1) is 18.0. The van der Waals surface area contributed by atoms with Gasteiger partial charge in [0.2, 0.25) is 5.91 Å². The Bertz CT molecular complexity index is 771. The number of hydrogen-bond donors (Lipinski definition) is 1. The van der Waals surface area contributed by atoms with Crippen LogP contribution in [0.5, 0.6) is 5.75 Å². The largest absolute Gasteiger partial charge is 0.496 e. The van der Waals surface area contributed by atoms with Gasteiger partial charge in [0.25, 0.3) is 5.91 Å². The van der Waals surface area contributed by atoms with Crippen molar-refractivity contribution in [3.63, 3.8) is 0 Å². The number of amides is 2. The summed E-state index contributed by atoms with van der Waals surface area (Å²) in [7, 11) is 1.62. The number of ether oxygens (including phenoxy) is 1. The molecule has 2 aromatic rings. The van der Waals surface area contributed by atoms with E-state index in [1.54, 1.807) is 13.2 Å². The molecule has 6 heteroatoms. The number of carbonyl (C=O) groups excluding carboxylic acids is 2. The molecule has 2 heterocycles. The summed E-state index contributed by atoms with van der Waals surface area (Å²) in [5.74, 6) is 0.897. The summed E-state index contributed by atoms with van der Waals surface area (Å²) in [6.45, 7) is 4.42. The van der Waals surface area contributed by atoms with Gasteiger partial charge in [0.05, 0.1) is 13.5 Å². The van der Waals surface area contributed by atoms with Gasteiger partial charge in [-0.25, -0.2) is 0 Å². The third-order valence-corrected chi connectivity index (χ3v) is 4.80. The highest BCUT2D eigenvalue weighted by molar-refractivity contribution is 5.94. The van der Waals surface area contributed by atoms with Gasteiger partial charge in [-0.3, -0.25) is 9.59 Å². The summed E-state index contributed by atoms with van der Waals surface area (Å²) in [5.41, 5.74) is 2.59. The van der Waals surface area contributed by atoms with Gasteiger partial charge in [-0.05, 0) is 48.7 Å². The summed E-state index contributed by atoms with van der Waals surface area (Å²) in [6, 6.07) is 7.40. The third-order valence-electron chi connectivity index (χ3n) is 4.80. The van der Waals surface area contributed by atoms with Gasteiger partial charge in [0, 0.05) is 44.1 Å². The second-order valence-electron chi connectivity index (χ2n) is 6.61. The lowest BCUT2D eigenvalue weighted by molar-refractivity contribution is -0.130. The molecule has 1 aliphatic rings. The van der Waals surface area contributed by atoms with E-state index in [0.717, 1.165) is 23.3 Å². The normalized spacial score (nSPS) is 14.8. The van der Waals surface area contributed by atoms with Crippen molar-refractivity contribution in [2.75, 3.05) is 33.3 Å². The molecule has 1 aromatic carbocycles. The average molecular weight is 355 g/mol. The molecule has 1 saturated heterocycles. The summed E-state index contributed by atoms with van der Waals surface area (Å²) in [5, 5.41) is 0. The zero-order valence-electron chi connectivity index (χ0n) is 15.3. The first-order valence-corrected chi connectivity index (χ1v) is 8.92. The highest BCUT2D eigenvalue weighted by Crippen LogP contribution is 2.20. The monoisotopic (exact) mass is 355 g/mol. The maximum atomic E-state index is 12.8. The maximum absolute atomic E-state index is 12.8. The number of methoxy groups -OCH3 is 1. The Morgan fingerprint density at radius 3 is 2.58 bits per heavy atom. The van der Waals surface area contributed by atoms with Crippen LogP contribution in [0.4, 0.5) is 0 Å². The van der Waals surface area contributed by atoms with E-state index in [4.69, 9.17) is 4.74 Å². The number of carbonyl (C=O) groups is 2. The smallest absolute Gasteiger partial charge is 0.253 e. The van der Waals surface area contributed by atoms with Crippen LogP contribution in [0.25, 0.3) is 0 Å². The number of nitrogens with one attached hydrogen (secondary N) is 1. The molecule has 0 radical (unpaired) electrons. The number of aromatic nitrogens is 1. The highest BCUT2D eigenvalue weighted by atomic mass is 16.5. The average Bonchev–Trinajstić information content (AvgIpc) is 3.02. The Morgan fingerprint density at radius 2 is 1.88 bits per heavy atom. The van der Waals surface area contributed by atoms with Crippen LogP contribution in [0.3, 0.4) is 0 Å². The Kier molecular flexibility index (Phi) is 5.61. The molecule has 0 bridgehead atoms. The van der Waals surface area contributed by atoms with Crippen molar-refractivity contribution in [1.29, 1.82) is 0 Å². The molecule has 0 saturated carbocycles. The van der Waals surface area contributed by atoms with E-state index in [2.05, 4.69) is 4.98 Å². The quantitative estimate of drug-likeness (QED) is 0.915. The van der Waals surface area contributed by atoms with Crippen LogP contribution in [0.15, 0.2) is 36.7 Å². The second-order valence-corrected chi connectivity index (χ2v) is 6.61. The molecule has 1 aromatic heterocycles. The fourth-order valence-electron chi connectivity index (χ4n) is 3.32. The van der Waals surface area contributed by atoms with Gasteiger partial charge < -0.3 is 19.5 Å². The van der Waals surface area contributed by atoms with Crippen LogP contribution in [0.1, 0.15) is 27.9 Å². The van der Waals surface area contributed by atoms with Crippen LogP contribution < -0.4 is 4.74 Å². The minimum atomic E-state index is 0.00990. The van der Waals surface area contributed by atoms with Crippen molar-refractivity contribution in [3.8, 4) is 5.75 Å². The molecule has 0 atom stereocenters. The molecule has 1 fully saturated rings. The molecule has 26 heavy (non-hydrogen) atoms. The van der Waals surface area contributed by atoms with Crippen molar-refractivity contribution in [2.45, 2.75) is 19.8 Å². The Labute approximate surface area is 153 Å². The van der Waals surface area contributed by atoms with Gasteiger partial charge in [-0.1, -0.05) is 0 Å². The van der Waals surface area contributed by atoms with Crippen molar-refractivity contribution >= 4 is 11.8 Å². The first-order chi connectivity index (χ1) is 12.6. The van der Waals surface area contributed by atoms with E-state index in [1.807, 2.05) is 47.3 Å². The van der Waals surface area contributed by atoms with Gasteiger partial charge in [0.15, 0.2) is 0 Å². The SMILES string of the molecule is COc1ccc(C(=O)N2CCCN(C(=O)Cc3cc[nH]c3)CC2)cc1C. The topological polar surface area (TPSA) is 65.6 Å². The van der Waals surface area contributed by atoms with Crippen LogP contribution in [-0.4, -0.2) is 59.9 Å². The lowest BCUT2D eigenvalue weighted by atomic mass is 10.1. The second kappa shape index (κ2) is 8.08. The Balaban J connectivity index is 1.61.